The lowest BCUT2D eigenvalue weighted by Crippen LogP contribution is -2.33. The summed E-state index contributed by atoms with van der Waals surface area (Å²) in [5, 5.41) is 3.02. The zero-order valence-corrected chi connectivity index (χ0v) is 8.38. The maximum absolute atomic E-state index is 11.7. The van der Waals surface area contributed by atoms with Crippen molar-refractivity contribution in [3.63, 3.8) is 0 Å². The van der Waals surface area contributed by atoms with Gasteiger partial charge in [-0.05, 0) is 37.5 Å². The molecule has 0 aromatic carbocycles. The van der Waals surface area contributed by atoms with Gasteiger partial charge >= 0.3 is 0 Å². The zero-order valence-electron chi connectivity index (χ0n) is 8.38. The zero-order chi connectivity index (χ0) is 9.26. The lowest BCUT2D eigenvalue weighted by molar-refractivity contribution is -0.126. The van der Waals surface area contributed by atoms with Crippen LogP contribution in [0.25, 0.3) is 0 Å². The first kappa shape index (κ1) is 9.04. The fraction of sp³-hybridized carbons (Fsp3) is 0.909. The number of carbonyl (C=O) groups excluding carboxylic acids is 1. The van der Waals surface area contributed by atoms with Gasteiger partial charge in [0.1, 0.15) is 0 Å². The first-order valence-corrected chi connectivity index (χ1v) is 5.59. The molecule has 74 valence electrons. The minimum absolute atomic E-state index is 0.328. The van der Waals surface area contributed by atoms with Crippen molar-refractivity contribution in [1.29, 1.82) is 0 Å². The highest BCUT2D eigenvalue weighted by Crippen LogP contribution is 2.48. The second-order valence-electron chi connectivity index (χ2n) is 4.57. The summed E-state index contributed by atoms with van der Waals surface area (Å²) >= 11 is 0. The first-order valence-electron chi connectivity index (χ1n) is 5.59. The van der Waals surface area contributed by atoms with Crippen molar-refractivity contribution < 1.29 is 4.79 Å². The summed E-state index contributed by atoms with van der Waals surface area (Å²) in [6.07, 6.45) is 6.22. The van der Waals surface area contributed by atoms with Crippen molar-refractivity contribution in [3.05, 3.63) is 0 Å². The Morgan fingerprint density at radius 2 is 2.23 bits per heavy atom. The van der Waals surface area contributed by atoms with E-state index in [1.54, 1.807) is 0 Å². The molecule has 0 spiro atoms. The Bertz CT molecular complexity index is 202. The number of hydrogen-bond donors (Lipinski definition) is 1. The predicted octanol–water partition coefficient (Wildman–Crippen LogP) is 1.95. The molecule has 2 nitrogen and oxygen atoms in total. The van der Waals surface area contributed by atoms with Crippen LogP contribution in [0.5, 0.6) is 0 Å². The largest absolute Gasteiger partial charge is 0.356 e. The van der Waals surface area contributed by atoms with E-state index in [9.17, 15) is 4.79 Å². The van der Waals surface area contributed by atoms with Crippen LogP contribution in [0.4, 0.5) is 0 Å². The normalized spacial score (nSPS) is 36.5. The average Bonchev–Trinajstić information content (AvgIpc) is 2.74. The van der Waals surface area contributed by atoms with E-state index >= 15 is 0 Å². The van der Waals surface area contributed by atoms with Crippen molar-refractivity contribution >= 4 is 5.91 Å². The third kappa shape index (κ3) is 1.72. The summed E-state index contributed by atoms with van der Waals surface area (Å²) < 4.78 is 0. The molecule has 0 aromatic heterocycles. The average molecular weight is 181 g/mol. The van der Waals surface area contributed by atoms with Crippen LogP contribution in [0, 0.1) is 17.8 Å². The number of amides is 1. The van der Waals surface area contributed by atoms with Gasteiger partial charge in [-0.25, -0.2) is 0 Å². The molecule has 0 unspecified atom stereocenters. The standard InChI is InChI=1S/C11H19NO/c1-2-5-12-11(13)10-7-8-3-4-9(10)6-8/h8-10H,2-7H2,1H3,(H,12,13)/t8-,9-,10+/m0/s1. The molecule has 1 amide bonds. The number of fused-ring (bicyclic) bond motifs is 2. The van der Waals surface area contributed by atoms with Crippen LogP contribution in [0.15, 0.2) is 0 Å². The van der Waals surface area contributed by atoms with Crippen LogP contribution in [-0.4, -0.2) is 12.5 Å². The molecule has 2 aliphatic rings. The van der Waals surface area contributed by atoms with Crippen LogP contribution < -0.4 is 5.32 Å². The second kappa shape index (κ2) is 3.69. The van der Waals surface area contributed by atoms with E-state index in [-0.39, 0.29) is 0 Å². The van der Waals surface area contributed by atoms with E-state index in [0.29, 0.717) is 11.8 Å². The lowest BCUT2D eigenvalue weighted by Gasteiger charge is -2.20. The molecule has 2 fully saturated rings. The summed E-state index contributed by atoms with van der Waals surface area (Å²) in [5.41, 5.74) is 0. The predicted molar refractivity (Wildman–Crippen MR) is 52.2 cm³/mol. The Balaban J connectivity index is 1.84. The highest BCUT2D eigenvalue weighted by Gasteiger charge is 2.42. The molecular formula is C11H19NO. The van der Waals surface area contributed by atoms with Gasteiger partial charge in [-0.15, -0.1) is 0 Å². The molecule has 2 saturated carbocycles. The highest BCUT2D eigenvalue weighted by molar-refractivity contribution is 5.79. The smallest absolute Gasteiger partial charge is 0.223 e. The third-order valence-electron chi connectivity index (χ3n) is 3.62. The summed E-state index contributed by atoms with van der Waals surface area (Å²) in [4.78, 5) is 11.7. The minimum Gasteiger partial charge on any atom is -0.356 e. The Labute approximate surface area is 80.1 Å². The number of hydrogen-bond acceptors (Lipinski definition) is 1. The molecule has 2 bridgehead atoms. The number of rotatable bonds is 3. The second-order valence-corrected chi connectivity index (χ2v) is 4.57. The van der Waals surface area contributed by atoms with Crippen LogP contribution >= 0.6 is 0 Å². The Morgan fingerprint density at radius 1 is 1.38 bits per heavy atom. The quantitative estimate of drug-likeness (QED) is 0.708. The van der Waals surface area contributed by atoms with Crippen LogP contribution in [0.1, 0.15) is 39.0 Å². The molecule has 0 aliphatic heterocycles. The Hall–Kier alpha value is -0.530. The fourth-order valence-electron chi connectivity index (χ4n) is 2.95. The van der Waals surface area contributed by atoms with E-state index < -0.39 is 0 Å². The molecule has 13 heavy (non-hydrogen) atoms. The lowest BCUT2D eigenvalue weighted by atomic mass is 9.88. The van der Waals surface area contributed by atoms with E-state index in [1.165, 1.54) is 25.7 Å². The first-order chi connectivity index (χ1) is 6.31. The van der Waals surface area contributed by atoms with E-state index in [2.05, 4.69) is 12.2 Å². The Morgan fingerprint density at radius 3 is 2.77 bits per heavy atom. The fourth-order valence-corrected chi connectivity index (χ4v) is 2.95. The van der Waals surface area contributed by atoms with Gasteiger partial charge in [-0.2, -0.15) is 0 Å². The topological polar surface area (TPSA) is 29.1 Å². The number of nitrogens with one attached hydrogen (secondary N) is 1. The van der Waals surface area contributed by atoms with Gasteiger partial charge in [0.05, 0.1) is 0 Å². The summed E-state index contributed by atoms with van der Waals surface area (Å²) in [6.45, 7) is 2.95. The van der Waals surface area contributed by atoms with Gasteiger partial charge in [0.2, 0.25) is 5.91 Å². The maximum Gasteiger partial charge on any atom is 0.223 e. The third-order valence-corrected chi connectivity index (χ3v) is 3.62. The number of carbonyl (C=O) groups is 1. The SMILES string of the molecule is CCCNC(=O)[C@@H]1C[C@H]2CC[C@H]1C2. The molecule has 0 radical (unpaired) electrons. The molecule has 2 heteroatoms. The van der Waals surface area contributed by atoms with Crippen LogP contribution in [-0.2, 0) is 4.79 Å². The van der Waals surface area contributed by atoms with Gasteiger partial charge in [0.25, 0.3) is 0 Å². The summed E-state index contributed by atoms with van der Waals surface area (Å²) in [6, 6.07) is 0. The monoisotopic (exact) mass is 181 g/mol. The van der Waals surface area contributed by atoms with Gasteiger partial charge in [-0.1, -0.05) is 13.3 Å². The van der Waals surface area contributed by atoms with Crippen molar-refractivity contribution in [3.8, 4) is 0 Å². The molecule has 2 aliphatic carbocycles. The Kier molecular flexibility index (Phi) is 2.56. The molecule has 0 saturated heterocycles. The van der Waals surface area contributed by atoms with Gasteiger partial charge in [0, 0.05) is 12.5 Å². The molecule has 0 aromatic rings. The molecule has 0 heterocycles. The summed E-state index contributed by atoms with van der Waals surface area (Å²) in [7, 11) is 0. The van der Waals surface area contributed by atoms with Gasteiger partial charge < -0.3 is 5.32 Å². The molecule has 2 rings (SSSR count). The van der Waals surface area contributed by atoms with E-state index in [0.717, 1.165) is 24.8 Å². The van der Waals surface area contributed by atoms with Crippen molar-refractivity contribution in [1.82, 2.24) is 5.32 Å². The van der Waals surface area contributed by atoms with Crippen LogP contribution in [0.2, 0.25) is 0 Å². The van der Waals surface area contributed by atoms with Gasteiger partial charge in [0.15, 0.2) is 0 Å². The van der Waals surface area contributed by atoms with Crippen molar-refractivity contribution in [2.24, 2.45) is 17.8 Å². The van der Waals surface area contributed by atoms with E-state index in [1.807, 2.05) is 0 Å². The van der Waals surface area contributed by atoms with E-state index in [4.69, 9.17) is 0 Å². The minimum atomic E-state index is 0.328. The molecule has 3 atom stereocenters. The molecule has 1 N–H and O–H groups in total. The van der Waals surface area contributed by atoms with Crippen LogP contribution in [0.3, 0.4) is 0 Å². The maximum atomic E-state index is 11.7. The van der Waals surface area contributed by atoms with Crippen molar-refractivity contribution in [2.45, 2.75) is 39.0 Å². The highest BCUT2D eigenvalue weighted by atomic mass is 16.1. The van der Waals surface area contributed by atoms with Gasteiger partial charge in [-0.3, -0.25) is 4.79 Å². The summed E-state index contributed by atoms with van der Waals surface area (Å²) in [5.74, 6) is 2.29. The molecular weight excluding hydrogens is 162 g/mol. The van der Waals surface area contributed by atoms with Crippen molar-refractivity contribution in [2.75, 3.05) is 6.54 Å².